The maximum absolute atomic E-state index is 14.5. The molecule has 166 valence electrons. The van der Waals surface area contributed by atoms with E-state index in [1.54, 1.807) is 6.92 Å². The molecule has 1 aromatic carbocycles. The summed E-state index contributed by atoms with van der Waals surface area (Å²) >= 11 is 0. The van der Waals surface area contributed by atoms with Crippen LogP contribution < -0.4 is 14.5 Å². The Bertz CT molecular complexity index is 920. The van der Waals surface area contributed by atoms with Gasteiger partial charge in [0.1, 0.15) is 17.6 Å². The van der Waals surface area contributed by atoms with E-state index in [0.29, 0.717) is 37.2 Å². The number of hydrogen-bond acceptors (Lipinski definition) is 6. The summed E-state index contributed by atoms with van der Waals surface area (Å²) in [7, 11) is 0. The summed E-state index contributed by atoms with van der Waals surface area (Å²) in [5.41, 5.74) is 1.13. The molecule has 0 aliphatic carbocycles. The van der Waals surface area contributed by atoms with Gasteiger partial charge in [0.15, 0.2) is 11.6 Å². The fourth-order valence-corrected chi connectivity index (χ4v) is 4.47. The number of anilines is 2. The quantitative estimate of drug-likeness (QED) is 0.661. The van der Waals surface area contributed by atoms with Gasteiger partial charge in [-0.2, -0.15) is 4.98 Å². The highest BCUT2D eigenvalue weighted by atomic mass is 19.1. The monoisotopic (exact) mass is 426 g/mol. The molecule has 3 atom stereocenters. The maximum atomic E-state index is 14.5. The van der Waals surface area contributed by atoms with Crippen LogP contribution in [-0.2, 0) is 4.79 Å². The van der Waals surface area contributed by atoms with E-state index in [-0.39, 0.29) is 23.6 Å². The van der Waals surface area contributed by atoms with Crippen LogP contribution in [-0.4, -0.2) is 48.0 Å². The molecule has 7 heteroatoms. The van der Waals surface area contributed by atoms with Gasteiger partial charge in [-0.3, -0.25) is 0 Å². The largest absolute Gasteiger partial charge is 0.489 e. The number of Topliss-reactive ketones (excluding diaryl/α,β-unsaturated/α-hetero) is 1. The summed E-state index contributed by atoms with van der Waals surface area (Å²) in [6.45, 7) is 9.00. The van der Waals surface area contributed by atoms with Gasteiger partial charge in [-0.15, -0.1) is 0 Å². The smallest absolute Gasteiger partial charge is 0.227 e. The molecule has 2 aliphatic heterocycles. The molecule has 3 heterocycles. The maximum Gasteiger partial charge on any atom is 0.227 e. The first-order valence-corrected chi connectivity index (χ1v) is 11.2. The highest BCUT2D eigenvalue weighted by molar-refractivity contribution is 5.76. The lowest BCUT2D eigenvalue weighted by Crippen LogP contribution is -2.28. The predicted octanol–water partition coefficient (Wildman–Crippen LogP) is 4.20. The number of ether oxygens (including phenoxy) is 1. The Balaban J connectivity index is 1.38. The summed E-state index contributed by atoms with van der Waals surface area (Å²) in [5.74, 6) is 2.38. The molecule has 0 saturated carbocycles. The van der Waals surface area contributed by atoms with Crippen molar-refractivity contribution in [1.29, 1.82) is 0 Å². The van der Waals surface area contributed by atoms with Crippen molar-refractivity contribution in [2.45, 2.75) is 52.1 Å². The number of benzene rings is 1. The lowest BCUT2D eigenvalue weighted by atomic mass is 9.96. The van der Waals surface area contributed by atoms with E-state index < -0.39 is 0 Å². The van der Waals surface area contributed by atoms with Crippen molar-refractivity contribution in [2.24, 2.45) is 5.92 Å². The summed E-state index contributed by atoms with van der Waals surface area (Å²) in [6.07, 6.45) is 3.73. The highest BCUT2D eigenvalue weighted by Gasteiger charge is 2.29. The molecule has 1 unspecified atom stereocenters. The van der Waals surface area contributed by atoms with Gasteiger partial charge in [0, 0.05) is 32.5 Å². The van der Waals surface area contributed by atoms with Crippen molar-refractivity contribution in [3.05, 3.63) is 41.8 Å². The summed E-state index contributed by atoms with van der Waals surface area (Å²) in [4.78, 5) is 24.2. The van der Waals surface area contributed by atoms with Crippen LogP contribution >= 0.6 is 0 Å². The zero-order valence-corrected chi connectivity index (χ0v) is 18.6. The van der Waals surface area contributed by atoms with Gasteiger partial charge in [0.05, 0.1) is 12.7 Å². The second kappa shape index (κ2) is 9.20. The molecule has 0 spiro atoms. The number of halogens is 1. The minimum Gasteiger partial charge on any atom is -0.489 e. The molecule has 2 aromatic rings. The van der Waals surface area contributed by atoms with E-state index in [1.807, 2.05) is 29.2 Å². The van der Waals surface area contributed by atoms with Crippen molar-refractivity contribution in [3.63, 3.8) is 0 Å². The third kappa shape index (κ3) is 5.14. The van der Waals surface area contributed by atoms with E-state index in [1.165, 1.54) is 6.20 Å². The highest BCUT2D eigenvalue weighted by Crippen LogP contribution is 2.28. The van der Waals surface area contributed by atoms with E-state index in [2.05, 4.69) is 28.7 Å². The fraction of sp³-hybridized carbons (Fsp3) is 0.542. The Kier molecular flexibility index (Phi) is 6.39. The van der Waals surface area contributed by atoms with E-state index in [0.717, 1.165) is 37.2 Å². The van der Waals surface area contributed by atoms with Crippen LogP contribution in [0, 0.1) is 11.7 Å². The number of carbonyl (C=O) groups excluding carboxylic acids is 1. The van der Waals surface area contributed by atoms with Crippen LogP contribution in [0.4, 0.5) is 16.2 Å². The third-order valence-corrected chi connectivity index (χ3v) is 6.21. The molecule has 1 aromatic heterocycles. The van der Waals surface area contributed by atoms with Crippen molar-refractivity contribution in [1.82, 2.24) is 9.97 Å². The average Bonchev–Trinajstić information content (AvgIpc) is 3.37. The molecule has 0 radical (unpaired) electrons. The van der Waals surface area contributed by atoms with Gasteiger partial charge in [-0.25, -0.2) is 9.37 Å². The Labute approximate surface area is 183 Å². The van der Waals surface area contributed by atoms with Crippen LogP contribution in [0.3, 0.4) is 0 Å². The number of hydrogen-bond donors (Lipinski definition) is 0. The van der Waals surface area contributed by atoms with Crippen LogP contribution in [0.2, 0.25) is 0 Å². The van der Waals surface area contributed by atoms with Gasteiger partial charge >= 0.3 is 0 Å². The minimum absolute atomic E-state index is 0.0230. The van der Waals surface area contributed by atoms with E-state index >= 15 is 0 Å². The van der Waals surface area contributed by atoms with Crippen molar-refractivity contribution >= 4 is 17.5 Å². The number of carbonyl (C=O) groups is 1. The summed E-state index contributed by atoms with van der Waals surface area (Å²) in [5, 5.41) is 0. The van der Waals surface area contributed by atoms with Crippen molar-refractivity contribution < 1.29 is 13.9 Å². The Morgan fingerprint density at radius 3 is 2.61 bits per heavy atom. The van der Waals surface area contributed by atoms with Crippen molar-refractivity contribution in [3.8, 4) is 5.75 Å². The van der Waals surface area contributed by atoms with E-state index in [4.69, 9.17) is 4.74 Å². The summed E-state index contributed by atoms with van der Waals surface area (Å²) in [6, 6.07) is 7.94. The molecule has 6 nitrogen and oxygen atoms in total. The molecule has 0 bridgehead atoms. The second-order valence-electron chi connectivity index (χ2n) is 9.03. The topological polar surface area (TPSA) is 58.6 Å². The molecule has 31 heavy (non-hydrogen) atoms. The molecular formula is C24H31FN4O2. The molecule has 2 fully saturated rings. The predicted molar refractivity (Wildman–Crippen MR) is 119 cm³/mol. The first-order valence-electron chi connectivity index (χ1n) is 11.2. The number of aromatic nitrogens is 2. The number of nitrogens with zero attached hydrogens (tertiary/aromatic N) is 4. The van der Waals surface area contributed by atoms with Gasteiger partial charge in [0.2, 0.25) is 5.95 Å². The molecule has 2 aliphatic rings. The SMILES string of the molecule is CC(=O)C[C@@H](C)c1ccc(O[C@@H]2CCN(c3nc(N4CCC(C)C4)ncc3F)C2)cc1. The van der Waals surface area contributed by atoms with Crippen LogP contribution in [0.25, 0.3) is 0 Å². The third-order valence-electron chi connectivity index (χ3n) is 6.21. The van der Waals surface area contributed by atoms with Crippen LogP contribution in [0.1, 0.15) is 51.5 Å². The Morgan fingerprint density at radius 2 is 1.94 bits per heavy atom. The lowest BCUT2D eigenvalue weighted by Gasteiger charge is -2.21. The molecule has 4 rings (SSSR count). The molecule has 0 amide bonds. The second-order valence-corrected chi connectivity index (χ2v) is 9.03. The number of ketones is 1. The lowest BCUT2D eigenvalue weighted by molar-refractivity contribution is -0.117. The molecule has 0 N–H and O–H groups in total. The zero-order chi connectivity index (χ0) is 22.0. The van der Waals surface area contributed by atoms with E-state index in [9.17, 15) is 9.18 Å². The normalized spacial score (nSPS) is 22.1. The molecular weight excluding hydrogens is 395 g/mol. The first kappa shape index (κ1) is 21.5. The van der Waals surface area contributed by atoms with Crippen LogP contribution in [0.15, 0.2) is 30.5 Å². The first-order chi connectivity index (χ1) is 14.9. The Hall–Kier alpha value is -2.70. The minimum atomic E-state index is -0.388. The zero-order valence-electron chi connectivity index (χ0n) is 18.6. The summed E-state index contributed by atoms with van der Waals surface area (Å²) < 4.78 is 20.6. The standard InChI is InChI=1S/C24H31FN4O2/c1-16-8-10-29(14-16)24-26-13-22(25)23(27-24)28-11-9-21(15-28)31-20-6-4-19(5-7-20)17(2)12-18(3)30/h4-7,13,16-17,21H,8-12,14-15H2,1-3H3/t16?,17-,21-/m1/s1. The fourth-order valence-electron chi connectivity index (χ4n) is 4.47. The van der Waals surface area contributed by atoms with Gasteiger partial charge in [0.25, 0.3) is 0 Å². The van der Waals surface area contributed by atoms with Gasteiger partial charge < -0.3 is 19.3 Å². The van der Waals surface area contributed by atoms with Gasteiger partial charge in [-0.1, -0.05) is 26.0 Å². The average molecular weight is 427 g/mol. The van der Waals surface area contributed by atoms with Crippen LogP contribution in [0.5, 0.6) is 5.75 Å². The van der Waals surface area contributed by atoms with Gasteiger partial charge in [-0.05, 0) is 42.9 Å². The Morgan fingerprint density at radius 1 is 1.19 bits per heavy atom. The van der Waals surface area contributed by atoms with Crippen molar-refractivity contribution in [2.75, 3.05) is 36.0 Å². The molecule has 2 saturated heterocycles. The number of rotatable bonds is 7.